The van der Waals surface area contributed by atoms with E-state index in [9.17, 15) is 14.4 Å². The lowest BCUT2D eigenvalue weighted by Gasteiger charge is -2.13. The topological polar surface area (TPSA) is 82.3 Å². The molecule has 3 rings (SSSR count). The molecular weight excluding hydrogens is 402 g/mol. The first-order chi connectivity index (χ1) is 14.4. The molecular formula is C22H27N3O4S. The molecule has 0 saturated carbocycles. The van der Waals surface area contributed by atoms with Crippen LogP contribution >= 0.6 is 11.3 Å². The molecule has 0 fully saturated rings. The number of rotatable bonds is 9. The zero-order valence-electron chi connectivity index (χ0n) is 17.5. The molecule has 0 aliphatic carbocycles. The number of hydrogen-bond donors (Lipinski definition) is 1. The number of carbonyl (C=O) groups is 1. The van der Waals surface area contributed by atoms with Crippen molar-refractivity contribution in [2.45, 2.75) is 40.3 Å². The molecule has 2 aromatic heterocycles. The van der Waals surface area contributed by atoms with Crippen molar-refractivity contribution >= 4 is 27.5 Å². The van der Waals surface area contributed by atoms with Crippen LogP contribution in [0.25, 0.3) is 10.2 Å². The predicted octanol–water partition coefficient (Wildman–Crippen LogP) is 2.83. The van der Waals surface area contributed by atoms with E-state index in [-0.39, 0.29) is 24.6 Å². The lowest BCUT2D eigenvalue weighted by Crippen LogP contribution is -2.42. The molecule has 8 heteroatoms. The van der Waals surface area contributed by atoms with E-state index in [0.717, 1.165) is 17.7 Å². The van der Waals surface area contributed by atoms with Crippen LogP contribution in [0.3, 0.4) is 0 Å². The molecule has 1 aromatic carbocycles. The van der Waals surface area contributed by atoms with E-state index in [1.54, 1.807) is 11.4 Å². The van der Waals surface area contributed by atoms with E-state index >= 15 is 0 Å². The first-order valence-corrected chi connectivity index (χ1v) is 11.0. The summed E-state index contributed by atoms with van der Waals surface area (Å²) in [5.41, 5.74) is 0.479. The molecule has 160 valence electrons. The zero-order valence-corrected chi connectivity index (χ0v) is 18.3. The summed E-state index contributed by atoms with van der Waals surface area (Å²) in [7, 11) is 0. The van der Waals surface area contributed by atoms with E-state index in [1.165, 1.54) is 20.5 Å². The first-order valence-electron chi connectivity index (χ1n) is 10.1. The molecule has 0 aliphatic heterocycles. The van der Waals surface area contributed by atoms with Crippen molar-refractivity contribution < 1.29 is 9.53 Å². The van der Waals surface area contributed by atoms with Crippen LogP contribution in [0.1, 0.15) is 32.8 Å². The highest BCUT2D eigenvalue weighted by Gasteiger charge is 2.16. The molecule has 3 aromatic rings. The molecule has 7 nitrogen and oxygen atoms in total. The minimum absolute atomic E-state index is 0.117. The fourth-order valence-electron chi connectivity index (χ4n) is 3.17. The number of thiophene rings is 1. The van der Waals surface area contributed by atoms with Crippen molar-refractivity contribution in [1.82, 2.24) is 14.5 Å². The molecule has 0 aliphatic rings. The Labute approximate surface area is 178 Å². The Balaban J connectivity index is 1.91. The molecule has 0 atom stereocenters. The monoisotopic (exact) mass is 429 g/mol. The summed E-state index contributed by atoms with van der Waals surface area (Å²) in [6.07, 6.45) is 0.867. The largest absolute Gasteiger partial charge is 0.494 e. The predicted molar refractivity (Wildman–Crippen MR) is 120 cm³/mol. The normalized spacial score (nSPS) is 11.2. The third-order valence-electron chi connectivity index (χ3n) is 4.76. The average molecular weight is 430 g/mol. The molecule has 0 radical (unpaired) electrons. The van der Waals surface area contributed by atoms with Crippen molar-refractivity contribution in [3.8, 4) is 5.75 Å². The summed E-state index contributed by atoms with van der Waals surface area (Å²) < 4.78 is 8.48. The van der Waals surface area contributed by atoms with Crippen LogP contribution < -0.4 is 21.3 Å². The van der Waals surface area contributed by atoms with Gasteiger partial charge >= 0.3 is 5.69 Å². The molecule has 0 bridgehead atoms. The molecule has 0 spiro atoms. The van der Waals surface area contributed by atoms with Gasteiger partial charge in [-0.05, 0) is 48.4 Å². The second-order valence-corrected chi connectivity index (χ2v) is 8.42. The van der Waals surface area contributed by atoms with E-state index < -0.39 is 5.69 Å². The van der Waals surface area contributed by atoms with Crippen LogP contribution in [0.15, 0.2) is 45.3 Å². The van der Waals surface area contributed by atoms with Gasteiger partial charge in [0.25, 0.3) is 5.56 Å². The van der Waals surface area contributed by atoms with E-state index in [2.05, 4.69) is 19.2 Å². The van der Waals surface area contributed by atoms with Gasteiger partial charge in [0.1, 0.15) is 17.0 Å². The van der Waals surface area contributed by atoms with E-state index in [4.69, 9.17) is 4.74 Å². The summed E-state index contributed by atoms with van der Waals surface area (Å²) in [5, 5.41) is 4.62. The maximum atomic E-state index is 13.1. The summed E-state index contributed by atoms with van der Waals surface area (Å²) in [6.45, 7) is 7.22. The molecule has 0 saturated heterocycles. The van der Waals surface area contributed by atoms with Crippen LogP contribution in [0.2, 0.25) is 0 Å². The van der Waals surface area contributed by atoms with Crippen molar-refractivity contribution in [2.75, 3.05) is 13.2 Å². The van der Waals surface area contributed by atoms with Gasteiger partial charge in [0, 0.05) is 6.54 Å². The highest BCUT2D eigenvalue weighted by atomic mass is 32.1. The molecule has 0 unspecified atom stereocenters. The number of nitrogens with zero attached hydrogens (tertiary/aromatic N) is 2. The van der Waals surface area contributed by atoms with Gasteiger partial charge in [-0.2, -0.15) is 0 Å². The number of fused-ring (bicyclic) bond motifs is 1. The van der Waals surface area contributed by atoms with Gasteiger partial charge in [-0.3, -0.25) is 18.7 Å². The van der Waals surface area contributed by atoms with Gasteiger partial charge in [0.15, 0.2) is 0 Å². The molecule has 30 heavy (non-hydrogen) atoms. The standard InChI is InChI=1S/C22H27N3O4S/c1-4-29-17-7-5-16(6-8-17)13-25-21(27)20-18(10-12-30-20)24(22(25)28)14-19(26)23-11-9-15(2)3/h5-8,10,12,15H,4,9,11,13-14H2,1-3H3,(H,23,26). The minimum Gasteiger partial charge on any atom is -0.494 e. The number of carbonyl (C=O) groups excluding carboxylic acids is 1. The van der Waals surface area contributed by atoms with Gasteiger partial charge in [-0.1, -0.05) is 26.0 Å². The Kier molecular flexibility index (Phi) is 7.10. The van der Waals surface area contributed by atoms with Crippen LogP contribution in [0.4, 0.5) is 0 Å². The lowest BCUT2D eigenvalue weighted by atomic mass is 10.1. The first kappa shape index (κ1) is 21.8. The Morgan fingerprint density at radius 3 is 2.53 bits per heavy atom. The van der Waals surface area contributed by atoms with Crippen LogP contribution in [-0.4, -0.2) is 28.2 Å². The highest BCUT2D eigenvalue weighted by Crippen LogP contribution is 2.16. The smallest absolute Gasteiger partial charge is 0.332 e. The van der Waals surface area contributed by atoms with Crippen molar-refractivity contribution in [3.63, 3.8) is 0 Å². The Hall–Kier alpha value is -2.87. The summed E-state index contributed by atoms with van der Waals surface area (Å²) in [5.74, 6) is 0.974. The quantitative estimate of drug-likeness (QED) is 0.567. The van der Waals surface area contributed by atoms with Gasteiger partial charge < -0.3 is 10.1 Å². The SMILES string of the molecule is CCOc1ccc(Cn2c(=O)c3sccc3n(CC(=O)NCCC(C)C)c2=O)cc1. The number of aromatic nitrogens is 2. The average Bonchev–Trinajstić information content (AvgIpc) is 3.20. The number of benzene rings is 1. The summed E-state index contributed by atoms with van der Waals surface area (Å²) in [4.78, 5) is 38.4. The minimum atomic E-state index is -0.487. The van der Waals surface area contributed by atoms with Gasteiger partial charge in [-0.15, -0.1) is 11.3 Å². The second-order valence-electron chi connectivity index (χ2n) is 7.50. The molecule has 2 heterocycles. The Morgan fingerprint density at radius 2 is 1.87 bits per heavy atom. The summed E-state index contributed by atoms with van der Waals surface area (Å²) in [6, 6.07) is 9.00. The molecule has 1 N–H and O–H groups in total. The Bertz CT molecular complexity index is 1130. The van der Waals surface area contributed by atoms with Crippen LogP contribution in [-0.2, 0) is 17.9 Å². The van der Waals surface area contributed by atoms with Crippen molar-refractivity contribution in [3.05, 3.63) is 62.1 Å². The van der Waals surface area contributed by atoms with Gasteiger partial charge in [0.05, 0.1) is 18.7 Å². The third kappa shape index (κ3) is 4.99. The van der Waals surface area contributed by atoms with E-state index in [0.29, 0.717) is 29.3 Å². The lowest BCUT2D eigenvalue weighted by molar-refractivity contribution is -0.121. The van der Waals surface area contributed by atoms with Gasteiger partial charge in [-0.25, -0.2) is 4.79 Å². The zero-order chi connectivity index (χ0) is 21.7. The second kappa shape index (κ2) is 9.75. The van der Waals surface area contributed by atoms with Crippen molar-refractivity contribution in [1.29, 1.82) is 0 Å². The molecule has 1 amide bonds. The number of ether oxygens (including phenoxy) is 1. The van der Waals surface area contributed by atoms with E-state index in [1.807, 2.05) is 31.2 Å². The number of nitrogens with one attached hydrogen (secondary N) is 1. The van der Waals surface area contributed by atoms with Crippen LogP contribution in [0.5, 0.6) is 5.75 Å². The highest BCUT2D eigenvalue weighted by molar-refractivity contribution is 7.17. The van der Waals surface area contributed by atoms with Crippen LogP contribution in [0, 0.1) is 5.92 Å². The number of amides is 1. The van der Waals surface area contributed by atoms with Gasteiger partial charge in [0.2, 0.25) is 5.91 Å². The third-order valence-corrected chi connectivity index (χ3v) is 5.65. The maximum absolute atomic E-state index is 13.1. The van der Waals surface area contributed by atoms with Crippen molar-refractivity contribution in [2.24, 2.45) is 5.92 Å². The maximum Gasteiger partial charge on any atom is 0.332 e. The summed E-state index contributed by atoms with van der Waals surface area (Å²) >= 11 is 1.27. The Morgan fingerprint density at radius 1 is 1.13 bits per heavy atom. The fraction of sp³-hybridized carbons (Fsp3) is 0.409. The number of hydrogen-bond acceptors (Lipinski definition) is 5. The fourth-order valence-corrected chi connectivity index (χ4v) is 4.01.